The van der Waals surface area contributed by atoms with Crippen LogP contribution in [0.3, 0.4) is 0 Å². The van der Waals surface area contributed by atoms with Crippen molar-refractivity contribution in [1.29, 1.82) is 0 Å². The first-order valence-electron chi connectivity index (χ1n) is 7.43. The van der Waals surface area contributed by atoms with Crippen LogP contribution >= 0.6 is 0 Å². The predicted octanol–water partition coefficient (Wildman–Crippen LogP) is 4.36. The van der Waals surface area contributed by atoms with Crippen LogP contribution in [-0.2, 0) is 10.9 Å². The summed E-state index contributed by atoms with van der Waals surface area (Å²) in [6, 6.07) is 3.55. The Balaban J connectivity index is 1.97. The summed E-state index contributed by atoms with van der Waals surface area (Å²) in [4.78, 5) is 0. The Morgan fingerprint density at radius 3 is 2.67 bits per heavy atom. The molecule has 2 nitrogen and oxygen atoms in total. The van der Waals surface area contributed by atoms with Gasteiger partial charge < -0.3 is 10.5 Å². The highest BCUT2D eigenvalue weighted by atomic mass is 19.4. The number of aryl methyl sites for hydroxylation is 1. The molecule has 2 rings (SSSR count). The Morgan fingerprint density at radius 2 is 2.10 bits per heavy atom. The topological polar surface area (TPSA) is 35.2 Å². The van der Waals surface area contributed by atoms with Crippen LogP contribution < -0.4 is 5.73 Å². The second-order valence-electron chi connectivity index (χ2n) is 5.74. The minimum absolute atomic E-state index is 0.238. The zero-order valence-electron chi connectivity index (χ0n) is 12.2. The Kier molecular flexibility index (Phi) is 5.27. The molecular weight excluding hydrogens is 279 g/mol. The van der Waals surface area contributed by atoms with Gasteiger partial charge in [-0.2, -0.15) is 13.2 Å². The molecule has 1 aliphatic heterocycles. The van der Waals surface area contributed by atoms with Gasteiger partial charge in [-0.3, -0.25) is 0 Å². The summed E-state index contributed by atoms with van der Waals surface area (Å²) in [5, 5.41) is 0. The summed E-state index contributed by atoms with van der Waals surface area (Å²) in [7, 11) is 0. The molecule has 0 radical (unpaired) electrons. The molecule has 2 unspecified atom stereocenters. The number of hydrogen-bond donors (Lipinski definition) is 1. The fourth-order valence-electron chi connectivity index (χ4n) is 2.82. The second-order valence-corrected chi connectivity index (χ2v) is 5.74. The molecular formula is C16H22F3NO. The fourth-order valence-corrected chi connectivity index (χ4v) is 2.82. The number of nitrogens with two attached hydrogens (primary N) is 1. The monoisotopic (exact) mass is 301 g/mol. The van der Waals surface area contributed by atoms with Crippen molar-refractivity contribution in [3.05, 3.63) is 34.9 Å². The molecule has 0 spiro atoms. The van der Waals surface area contributed by atoms with E-state index in [1.807, 2.05) is 0 Å². The van der Waals surface area contributed by atoms with Crippen molar-refractivity contribution in [2.45, 2.75) is 57.3 Å². The van der Waals surface area contributed by atoms with E-state index < -0.39 is 11.7 Å². The van der Waals surface area contributed by atoms with E-state index in [2.05, 4.69) is 0 Å². The third-order valence-corrected chi connectivity index (χ3v) is 4.07. The lowest BCUT2D eigenvalue weighted by Gasteiger charge is -2.24. The van der Waals surface area contributed by atoms with E-state index in [0.717, 1.165) is 43.9 Å². The van der Waals surface area contributed by atoms with Crippen molar-refractivity contribution in [3.8, 4) is 0 Å². The first-order valence-corrected chi connectivity index (χ1v) is 7.43. The molecule has 0 saturated carbocycles. The molecule has 0 bridgehead atoms. The zero-order valence-corrected chi connectivity index (χ0v) is 12.2. The van der Waals surface area contributed by atoms with E-state index in [4.69, 9.17) is 10.5 Å². The highest BCUT2D eigenvalue weighted by molar-refractivity contribution is 5.34. The average Bonchev–Trinajstić information content (AvgIpc) is 2.45. The summed E-state index contributed by atoms with van der Waals surface area (Å²) >= 11 is 0. The Morgan fingerprint density at radius 1 is 1.33 bits per heavy atom. The van der Waals surface area contributed by atoms with Crippen molar-refractivity contribution in [2.24, 2.45) is 5.73 Å². The van der Waals surface area contributed by atoms with Crippen molar-refractivity contribution in [1.82, 2.24) is 0 Å². The van der Waals surface area contributed by atoms with Crippen LogP contribution in [0.4, 0.5) is 13.2 Å². The first kappa shape index (κ1) is 16.3. The Hall–Kier alpha value is -1.07. The van der Waals surface area contributed by atoms with Crippen LogP contribution in [0.15, 0.2) is 18.2 Å². The predicted molar refractivity (Wildman–Crippen MR) is 75.9 cm³/mol. The van der Waals surface area contributed by atoms with E-state index in [9.17, 15) is 13.2 Å². The van der Waals surface area contributed by atoms with Crippen molar-refractivity contribution < 1.29 is 17.9 Å². The molecule has 1 aromatic carbocycles. The van der Waals surface area contributed by atoms with Gasteiger partial charge >= 0.3 is 6.18 Å². The number of benzene rings is 1. The van der Waals surface area contributed by atoms with Gasteiger partial charge in [0.05, 0.1) is 11.7 Å². The van der Waals surface area contributed by atoms with Crippen LogP contribution in [0.5, 0.6) is 0 Å². The molecule has 1 aliphatic rings. The number of hydrogen-bond acceptors (Lipinski definition) is 2. The van der Waals surface area contributed by atoms with E-state index in [1.165, 1.54) is 18.6 Å². The van der Waals surface area contributed by atoms with Crippen LogP contribution in [-0.4, -0.2) is 12.7 Å². The van der Waals surface area contributed by atoms with Crippen molar-refractivity contribution in [3.63, 3.8) is 0 Å². The molecule has 0 aliphatic carbocycles. The molecule has 118 valence electrons. The van der Waals surface area contributed by atoms with E-state index >= 15 is 0 Å². The number of ether oxygens (including phenoxy) is 1. The third kappa shape index (κ3) is 4.45. The maximum absolute atomic E-state index is 12.6. The number of alkyl halides is 3. The van der Waals surface area contributed by atoms with Gasteiger partial charge in [0.15, 0.2) is 0 Å². The highest BCUT2D eigenvalue weighted by Crippen LogP contribution is 2.32. The fraction of sp³-hybridized carbons (Fsp3) is 0.625. The maximum atomic E-state index is 12.6. The van der Waals surface area contributed by atoms with Crippen molar-refractivity contribution in [2.75, 3.05) is 6.61 Å². The van der Waals surface area contributed by atoms with E-state index in [1.54, 1.807) is 6.92 Å². The summed E-state index contributed by atoms with van der Waals surface area (Å²) in [6.45, 7) is 2.49. The molecule has 5 heteroatoms. The van der Waals surface area contributed by atoms with Gasteiger partial charge in [0.2, 0.25) is 0 Å². The number of rotatable bonds is 4. The molecule has 1 saturated heterocycles. The van der Waals surface area contributed by atoms with Crippen LogP contribution in [0.2, 0.25) is 0 Å². The summed E-state index contributed by atoms with van der Waals surface area (Å²) in [6.07, 6.45) is 0.889. The molecule has 1 aromatic rings. The maximum Gasteiger partial charge on any atom is 0.416 e. The highest BCUT2D eigenvalue weighted by Gasteiger charge is 2.31. The Bertz CT molecular complexity index is 467. The normalized spacial score (nSPS) is 21.3. The molecule has 1 heterocycles. The molecule has 0 amide bonds. The van der Waals surface area contributed by atoms with Crippen LogP contribution in [0.1, 0.15) is 54.8 Å². The number of halogens is 3. The lowest BCUT2D eigenvalue weighted by Crippen LogP contribution is -2.21. The van der Waals surface area contributed by atoms with Crippen molar-refractivity contribution >= 4 is 0 Å². The first-order chi connectivity index (χ1) is 9.88. The zero-order chi connectivity index (χ0) is 15.5. The molecule has 2 N–H and O–H groups in total. The smallest absolute Gasteiger partial charge is 0.378 e. The minimum Gasteiger partial charge on any atom is -0.378 e. The molecule has 1 fully saturated rings. The van der Waals surface area contributed by atoms with Gasteiger partial charge in [-0.05, 0) is 62.3 Å². The quantitative estimate of drug-likeness (QED) is 0.896. The average molecular weight is 301 g/mol. The lowest BCUT2D eigenvalue weighted by atomic mass is 9.94. The summed E-state index contributed by atoms with van der Waals surface area (Å²) in [5.41, 5.74) is 6.91. The molecule has 0 aromatic heterocycles. The third-order valence-electron chi connectivity index (χ3n) is 4.07. The lowest BCUT2D eigenvalue weighted by molar-refractivity contribution is -0.137. The standard InChI is InChI=1S/C16H22F3NO/c1-11-10-12(16(17,18)19)5-7-14(11)15(20)8-6-13-4-2-3-9-21-13/h5,7,10,13,15H,2-4,6,8-9,20H2,1H3. The van der Waals surface area contributed by atoms with Crippen LogP contribution in [0, 0.1) is 6.92 Å². The Labute approximate surface area is 123 Å². The van der Waals surface area contributed by atoms with Gasteiger partial charge in [0, 0.05) is 12.6 Å². The summed E-state index contributed by atoms with van der Waals surface area (Å²) in [5.74, 6) is 0. The molecule has 21 heavy (non-hydrogen) atoms. The SMILES string of the molecule is Cc1cc(C(F)(F)F)ccc1C(N)CCC1CCCCO1. The second kappa shape index (κ2) is 6.79. The largest absolute Gasteiger partial charge is 0.416 e. The van der Waals surface area contributed by atoms with E-state index in [-0.39, 0.29) is 12.1 Å². The van der Waals surface area contributed by atoms with Crippen LogP contribution in [0.25, 0.3) is 0 Å². The van der Waals surface area contributed by atoms with Gasteiger partial charge in [0.1, 0.15) is 0 Å². The van der Waals surface area contributed by atoms with Gasteiger partial charge in [0.25, 0.3) is 0 Å². The molecule has 2 atom stereocenters. The summed E-state index contributed by atoms with van der Waals surface area (Å²) < 4.78 is 43.6. The van der Waals surface area contributed by atoms with Gasteiger partial charge in [-0.25, -0.2) is 0 Å². The minimum atomic E-state index is -4.30. The van der Waals surface area contributed by atoms with Gasteiger partial charge in [-0.15, -0.1) is 0 Å². The van der Waals surface area contributed by atoms with Gasteiger partial charge in [-0.1, -0.05) is 6.07 Å². The van der Waals surface area contributed by atoms with E-state index in [0.29, 0.717) is 5.56 Å².